The zero-order valence-electron chi connectivity index (χ0n) is 9.45. The minimum atomic E-state index is -0.407. The third-order valence-electron chi connectivity index (χ3n) is 2.85. The topological polar surface area (TPSA) is 55.1 Å². The highest BCUT2D eigenvalue weighted by Crippen LogP contribution is 2.23. The standard InChI is InChI=1S/C13H15FN2O/c14-10-5-6-11(15)12(8-10)16-13(17)7-9-3-1-2-4-9/h1,3,5-6,8-9H,2,4,7,15H2,(H,16,17). The maximum absolute atomic E-state index is 13.0. The van der Waals surface area contributed by atoms with Crippen molar-refractivity contribution in [1.29, 1.82) is 0 Å². The number of nitrogen functional groups attached to an aromatic ring is 1. The van der Waals surface area contributed by atoms with Gasteiger partial charge in [0.05, 0.1) is 11.4 Å². The molecule has 1 atom stereocenters. The van der Waals surface area contributed by atoms with Gasteiger partial charge in [0.2, 0.25) is 5.91 Å². The van der Waals surface area contributed by atoms with Gasteiger partial charge in [-0.3, -0.25) is 4.79 Å². The van der Waals surface area contributed by atoms with Crippen molar-refractivity contribution >= 4 is 17.3 Å². The quantitative estimate of drug-likeness (QED) is 0.624. The third-order valence-corrected chi connectivity index (χ3v) is 2.85. The summed E-state index contributed by atoms with van der Waals surface area (Å²) >= 11 is 0. The maximum atomic E-state index is 13.0. The highest BCUT2D eigenvalue weighted by molar-refractivity contribution is 5.94. The van der Waals surface area contributed by atoms with Gasteiger partial charge in [-0.05, 0) is 37.0 Å². The molecule has 1 aromatic carbocycles. The van der Waals surface area contributed by atoms with Crippen LogP contribution in [0.2, 0.25) is 0 Å². The van der Waals surface area contributed by atoms with Crippen molar-refractivity contribution in [2.75, 3.05) is 11.1 Å². The number of nitrogens with two attached hydrogens (primary N) is 1. The minimum Gasteiger partial charge on any atom is -0.397 e. The van der Waals surface area contributed by atoms with Gasteiger partial charge < -0.3 is 11.1 Å². The first-order valence-electron chi connectivity index (χ1n) is 5.66. The summed E-state index contributed by atoms with van der Waals surface area (Å²) in [6, 6.07) is 3.95. The van der Waals surface area contributed by atoms with Crippen LogP contribution in [0.15, 0.2) is 30.4 Å². The van der Waals surface area contributed by atoms with Crippen molar-refractivity contribution < 1.29 is 9.18 Å². The van der Waals surface area contributed by atoms with Crippen molar-refractivity contribution in [3.63, 3.8) is 0 Å². The lowest BCUT2D eigenvalue weighted by Gasteiger charge is -2.10. The largest absolute Gasteiger partial charge is 0.397 e. The molecule has 1 aromatic rings. The molecule has 17 heavy (non-hydrogen) atoms. The molecule has 0 heterocycles. The fourth-order valence-corrected chi connectivity index (χ4v) is 1.94. The lowest BCUT2D eigenvalue weighted by atomic mass is 10.0. The molecule has 0 aliphatic heterocycles. The molecule has 0 saturated heterocycles. The fraction of sp³-hybridized carbons (Fsp3) is 0.308. The number of benzene rings is 1. The number of allylic oxidation sites excluding steroid dienone is 2. The third kappa shape index (κ3) is 3.06. The molecule has 90 valence electrons. The summed E-state index contributed by atoms with van der Waals surface area (Å²) in [4.78, 5) is 11.7. The van der Waals surface area contributed by atoms with Gasteiger partial charge in [0.15, 0.2) is 0 Å². The smallest absolute Gasteiger partial charge is 0.225 e. The van der Waals surface area contributed by atoms with E-state index in [1.54, 1.807) is 0 Å². The summed E-state index contributed by atoms with van der Waals surface area (Å²) in [6.45, 7) is 0. The first kappa shape index (κ1) is 11.6. The van der Waals surface area contributed by atoms with Crippen molar-refractivity contribution in [2.45, 2.75) is 19.3 Å². The number of halogens is 1. The highest BCUT2D eigenvalue weighted by atomic mass is 19.1. The van der Waals surface area contributed by atoms with Gasteiger partial charge >= 0.3 is 0 Å². The Hall–Kier alpha value is -1.84. The molecular weight excluding hydrogens is 219 g/mol. The SMILES string of the molecule is Nc1ccc(F)cc1NC(=O)CC1C=CCC1. The second-order valence-electron chi connectivity index (χ2n) is 4.25. The second kappa shape index (κ2) is 4.99. The molecule has 0 fully saturated rings. The zero-order chi connectivity index (χ0) is 12.3. The molecular formula is C13H15FN2O. The number of anilines is 2. The summed E-state index contributed by atoms with van der Waals surface area (Å²) in [5.74, 6) is -0.237. The molecule has 1 aliphatic rings. The molecule has 1 amide bonds. The highest BCUT2D eigenvalue weighted by Gasteiger charge is 2.14. The normalized spacial score (nSPS) is 18.3. The van der Waals surface area contributed by atoms with Crippen LogP contribution in [0.3, 0.4) is 0 Å². The van der Waals surface area contributed by atoms with E-state index in [4.69, 9.17) is 5.73 Å². The second-order valence-corrected chi connectivity index (χ2v) is 4.25. The Bertz CT molecular complexity index is 457. The number of hydrogen-bond donors (Lipinski definition) is 2. The molecule has 0 spiro atoms. The number of nitrogens with one attached hydrogen (secondary N) is 1. The molecule has 0 radical (unpaired) electrons. The van der Waals surface area contributed by atoms with E-state index < -0.39 is 5.82 Å². The Morgan fingerprint density at radius 3 is 3.06 bits per heavy atom. The van der Waals surface area contributed by atoms with Gasteiger partial charge in [-0.2, -0.15) is 0 Å². The average molecular weight is 234 g/mol. The lowest BCUT2D eigenvalue weighted by molar-refractivity contribution is -0.116. The molecule has 4 heteroatoms. The van der Waals surface area contributed by atoms with E-state index in [2.05, 4.69) is 17.5 Å². The molecule has 0 saturated carbocycles. The molecule has 3 nitrogen and oxygen atoms in total. The van der Waals surface area contributed by atoms with Gasteiger partial charge in [0, 0.05) is 6.42 Å². The molecule has 1 aliphatic carbocycles. The number of amides is 1. The number of rotatable bonds is 3. The van der Waals surface area contributed by atoms with E-state index >= 15 is 0 Å². The van der Waals surface area contributed by atoms with E-state index in [0.29, 0.717) is 23.7 Å². The van der Waals surface area contributed by atoms with Crippen LogP contribution in [0.5, 0.6) is 0 Å². The van der Waals surface area contributed by atoms with Crippen LogP contribution in [0.25, 0.3) is 0 Å². The van der Waals surface area contributed by atoms with E-state index in [-0.39, 0.29) is 5.91 Å². The first-order valence-corrected chi connectivity index (χ1v) is 5.66. The van der Waals surface area contributed by atoms with Crippen LogP contribution in [-0.4, -0.2) is 5.91 Å². The van der Waals surface area contributed by atoms with Gasteiger partial charge in [0.25, 0.3) is 0 Å². The van der Waals surface area contributed by atoms with Crippen molar-refractivity contribution in [3.05, 3.63) is 36.2 Å². The molecule has 2 rings (SSSR count). The number of carbonyl (C=O) groups excluding carboxylic acids is 1. The number of carbonyl (C=O) groups is 1. The Kier molecular flexibility index (Phi) is 3.42. The van der Waals surface area contributed by atoms with Gasteiger partial charge in [0.1, 0.15) is 5.82 Å². The zero-order valence-corrected chi connectivity index (χ0v) is 9.45. The van der Waals surface area contributed by atoms with Gasteiger partial charge in [-0.1, -0.05) is 12.2 Å². The van der Waals surface area contributed by atoms with E-state index in [9.17, 15) is 9.18 Å². The van der Waals surface area contributed by atoms with Crippen LogP contribution in [-0.2, 0) is 4.79 Å². The van der Waals surface area contributed by atoms with Crippen LogP contribution in [0.4, 0.5) is 15.8 Å². The van der Waals surface area contributed by atoms with E-state index in [1.165, 1.54) is 18.2 Å². The van der Waals surface area contributed by atoms with Gasteiger partial charge in [-0.15, -0.1) is 0 Å². The molecule has 0 aromatic heterocycles. The predicted molar refractivity (Wildman–Crippen MR) is 65.9 cm³/mol. The monoisotopic (exact) mass is 234 g/mol. The van der Waals surface area contributed by atoms with Crippen LogP contribution >= 0.6 is 0 Å². The van der Waals surface area contributed by atoms with Gasteiger partial charge in [-0.25, -0.2) is 4.39 Å². The Labute approximate surface area is 99.5 Å². The van der Waals surface area contributed by atoms with Crippen LogP contribution in [0.1, 0.15) is 19.3 Å². The van der Waals surface area contributed by atoms with Crippen LogP contribution in [0, 0.1) is 11.7 Å². The predicted octanol–water partition coefficient (Wildman–Crippen LogP) is 2.70. The fourth-order valence-electron chi connectivity index (χ4n) is 1.94. The Morgan fingerprint density at radius 1 is 1.53 bits per heavy atom. The molecule has 3 N–H and O–H groups in total. The average Bonchev–Trinajstić information content (AvgIpc) is 2.76. The molecule has 1 unspecified atom stereocenters. The summed E-state index contributed by atoms with van der Waals surface area (Å²) in [7, 11) is 0. The summed E-state index contributed by atoms with van der Waals surface area (Å²) in [6.07, 6.45) is 6.58. The van der Waals surface area contributed by atoms with Crippen LogP contribution < -0.4 is 11.1 Å². The Balaban J connectivity index is 1.97. The van der Waals surface area contributed by atoms with Crippen molar-refractivity contribution in [2.24, 2.45) is 5.92 Å². The summed E-state index contributed by atoms with van der Waals surface area (Å²) in [5, 5.41) is 2.64. The summed E-state index contributed by atoms with van der Waals surface area (Å²) in [5.41, 5.74) is 6.37. The van der Waals surface area contributed by atoms with Crippen molar-refractivity contribution in [3.8, 4) is 0 Å². The maximum Gasteiger partial charge on any atom is 0.225 e. The van der Waals surface area contributed by atoms with Crippen molar-refractivity contribution in [1.82, 2.24) is 0 Å². The lowest BCUT2D eigenvalue weighted by Crippen LogP contribution is -2.15. The first-order chi connectivity index (χ1) is 8.15. The van der Waals surface area contributed by atoms with E-state index in [0.717, 1.165) is 12.8 Å². The minimum absolute atomic E-state index is 0.126. The number of hydrogen-bond acceptors (Lipinski definition) is 2. The molecule has 0 bridgehead atoms. The Morgan fingerprint density at radius 2 is 2.35 bits per heavy atom. The van der Waals surface area contributed by atoms with E-state index in [1.807, 2.05) is 0 Å². The summed E-state index contributed by atoms with van der Waals surface area (Å²) < 4.78 is 13.0.